The summed E-state index contributed by atoms with van der Waals surface area (Å²) in [6.07, 6.45) is 0.691. The Morgan fingerprint density at radius 2 is 1.75 bits per heavy atom. The molecule has 0 aromatic carbocycles. The van der Waals surface area contributed by atoms with Gasteiger partial charge in [-0.3, -0.25) is 0 Å². The third kappa shape index (κ3) is 4.07. The van der Waals surface area contributed by atoms with Crippen molar-refractivity contribution in [2.75, 3.05) is 12.8 Å². The van der Waals surface area contributed by atoms with Gasteiger partial charge in [-0.25, -0.2) is 8.42 Å². The highest BCUT2D eigenvalue weighted by molar-refractivity contribution is 7.91. The molecule has 0 aromatic rings. The van der Waals surface area contributed by atoms with Crippen LogP contribution in [0.15, 0.2) is 0 Å². The molecular formula is C8H19NO2S. The van der Waals surface area contributed by atoms with Crippen LogP contribution < -0.4 is 5.32 Å². The zero-order valence-electron chi connectivity index (χ0n) is 8.29. The van der Waals surface area contributed by atoms with E-state index in [2.05, 4.69) is 5.32 Å². The van der Waals surface area contributed by atoms with E-state index in [0.717, 1.165) is 0 Å². The highest BCUT2D eigenvalue weighted by atomic mass is 32.2. The summed E-state index contributed by atoms with van der Waals surface area (Å²) in [7, 11) is -1.00. The molecule has 0 aromatic heterocycles. The molecule has 0 amide bonds. The summed E-state index contributed by atoms with van der Waals surface area (Å²) in [4.78, 5) is 0. The van der Waals surface area contributed by atoms with Crippen LogP contribution in [0.4, 0.5) is 0 Å². The molecule has 3 nitrogen and oxygen atoms in total. The summed E-state index contributed by atoms with van der Waals surface area (Å²) in [6, 6.07) is 0.276. The van der Waals surface area contributed by atoms with E-state index in [1.54, 1.807) is 13.8 Å². The highest BCUT2D eigenvalue weighted by Gasteiger charge is 2.16. The minimum absolute atomic E-state index is 0.249. The van der Waals surface area contributed by atoms with E-state index < -0.39 is 9.84 Å². The van der Waals surface area contributed by atoms with E-state index in [9.17, 15) is 8.42 Å². The summed E-state index contributed by atoms with van der Waals surface area (Å²) in [6.45, 7) is 5.43. The van der Waals surface area contributed by atoms with Crippen molar-refractivity contribution < 1.29 is 8.42 Å². The van der Waals surface area contributed by atoms with Gasteiger partial charge in [-0.15, -0.1) is 0 Å². The molecule has 0 radical (unpaired) electrons. The fourth-order valence-corrected chi connectivity index (χ4v) is 1.87. The van der Waals surface area contributed by atoms with Crippen molar-refractivity contribution in [1.29, 1.82) is 0 Å². The van der Waals surface area contributed by atoms with Crippen molar-refractivity contribution in [3.63, 3.8) is 0 Å². The molecule has 12 heavy (non-hydrogen) atoms. The Bertz CT molecular complexity index is 209. The summed E-state index contributed by atoms with van der Waals surface area (Å²) in [5.74, 6) is 0.284. The molecule has 0 aliphatic heterocycles. The Balaban J connectivity index is 3.94. The minimum atomic E-state index is -2.84. The van der Waals surface area contributed by atoms with Gasteiger partial charge in [0, 0.05) is 6.04 Å². The Morgan fingerprint density at radius 1 is 1.25 bits per heavy atom. The summed E-state index contributed by atoms with van der Waals surface area (Å²) in [5.41, 5.74) is 0. The van der Waals surface area contributed by atoms with Gasteiger partial charge in [0.25, 0.3) is 0 Å². The predicted octanol–water partition coefficient (Wildman–Crippen LogP) is 0.808. The normalized spacial score (nSPS) is 15.1. The van der Waals surface area contributed by atoms with Crippen LogP contribution in [0.3, 0.4) is 0 Å². The number of hydrogen-bond donors (Lipinski definition) is 1. The lowest BCUT2D eigenvalue weighted by Crippen LogP contribution is -2.27. The van der Waals surface area contributed by atoms with Gasteiger partial charge in [-0.2, -0.15) is 0 Å². The van der Waals surface area contributed by atoms with Crippen LogP contribution in [0, 0.1) is 0 Å². The van der Waals surface area contributed by atoms with Gasteiger partial charge in [-0.05, 0) is 34.2 Å². The molecule has 1 unspecified atom stereocenters. The molecule has 0 bridgehead atoms. The van der Waals surface area contributed by atoms with Gasteiger partial charge < -0.3 is 5.32 Å². The second-order valence-corrected chi connectivity index (χ2v) is 6.07. The van der Waals surface area contributed by atoms with Gasteiger partial charge in [-0.1, -0.05) is 0 Å². The van der Waals surface area contributed by atoms with Crippen molar-refractivity contribution in [2.24, 2.45) is 0 Å². The summed E-state index contributed by atoms with van der Waals surface area (Å²) >= 11 is 0. The van der Waals surface area contributed by atoms with E-state index >= 15 is 0 Å². The van der Waals surface area contributed by atoms with Gasteiger partial charge in [0.1, 0.15) is 0 Å². The zero-order valence-corrected chi connectivity index (χ0v) is 9.11. The van der Waals surface area contributed by atoms with Crippen molar-refractivity contribution in [2.45, 2.75) is 38.5 Å². The molecule has 0 saturated carbocycles. The SMILES string of the molecule is CNC(C)CCS(=O)(=O)C(C)C. The maximum atomic E-state index is 11.3. The molecule has 0 fully saturated rings. The largest absolute Gasteiger partial charge is 0.317 e. The molecule has 1 atom stereocenters. The molecule has 0 spiro atoms. The third-order valence-electron chi connectivity index (χ3n) is 2.05. The number of nitrogens with one attached hydrogen (secondary N) is 1. The van der Waals surface area contributed by atoms with Crippen LogP contribution in [0.2, 0.25) is 0 Å². The second-order valence-electron chi connectivity index (χ2n) is 3.39. The first-order chi connectivity index (χ1) is 5.40. The van der Waals surface area contributed by atoms with E-state index in [4.69, 9.17) is 0 Å². The Morgan fingerprint density at radius 3 is 2.08 bits per heavy atom. The minimum Gasteiger partial charge on any atom is -0.317 e. The summed E-state index contributed by atoms with van der Waals surface area (Å²) in [5, 5.41) is 2.76. The van der Waals surface area contributed by atoms with Crippen LogP contribution in [-0.4, -0.2) is 32.5 Å². The first-order valence-electron chi connectivity index (χ1n) is 4.29. The number of hydrogen-bond acceptors (Lipinski definition) is 3. The van der Waals surface area contributed by atoms with Crippen molar-refractivity contribution in [3.05, 3.63) is 0 Å². The third-order valence-corrected chi connectivity index (χ3v) is 4.29. The number of sulfone groups is 1. The summed E-state index contributed by atoms with van der Waals surface area (Å²) < 4.78 is 22.6. The van der Waals surface area contributed by atoms with Crippen molar-refractivity contribution >= 4 is 9.84 Å². The monoisotopic (exact) mass is 193 g/mol. The lowest BCUT2D eigenvalue weighted by molar-refractivity contribution is 0.560. The first kappa shape index (κ1) is 11.9. The smallest absolute Gasteiger partial charge is 0.152 e. The molecule has 4 heteroatoms. The van der Waals surface area contributed by atoms with E-state index in [0.29, 0.717) is 6.42 Å². The molecule has 0 aliphatic rings. The Hall–Kier alpha value is -0.0900. The lowest BCUT2D eigenvalue weighted by atomic mass is 10.3. The van der Waals surface area contributed by atoms with Gasteiger partial charge >= 0.3 is 0 Å². The van der Waals surface area contributed by atoms with Gasteiger partial charge in [0.2, 0.25) is 0 Å². The van der Waals surface area contributed by atoms with Crippen LogP contribution in [0.25, 0.3) is 0 Å². The molecule has 74 valence electrons. The topological polar surface area (TPSA) is 46.2 Å². The lowest BCUT2D eigenvalue weighted by Gasteiger charge is -2.11. The van der Waals surface area contributed by atoms with E-state index in [1.807, 2.05) is 14.0 Å². The standard InChI is InChI=1S/C8H19NO2S/c1-7(2)12(10,11)6-5-8(3)9-4/h7-9H,5-6H2,1-4H3. The van der Waals surface area contributed by atoms with E-state index in [-0.39, 0.29) is 17.0 Å². The van der Waals surface area contributed by atoms with Crippen molar-refractivity contribution in [3.8, 4) is 0 Å². The second kappa shape index (κ2) is 4.82. The van der Waals surface area contributed by atoms with Crippen LogP contribution in [0.1, 0.15) is 27.2 Å². The average molecular weight is 193 g/mol. The first-order valence-corrected chi connectivity index (χ1v) is 6.00. The Labute approximate surface area is 75.5 Å². The van der Waals surface area contributed by atoms with Crippen LogP contribution in [0.5, 0.6) is 0 Å². The Kier molecular flexibility index (Phi) is 4.78. The average Bonchev–Trinajstić information content (AvgIpc) is 2.00. The highest BCUT2D eigenvalue weighted by Crippen LogP contribution is 2.04. The molecular weight excluding hydrogens is 174 g/mol. The molecule has 0 aliphatic carbocycles. The van der Waals surface area contributed by atoms with E-state index in [1.165, 1.54) is 0 Å². The number of rotatable bonds is 5. The fraction of sp³-hybridized carbons (Fsp3) is 1.00. The molecule has 1 N–H and O–H groups in total. The maximum Gasteiger partial charge on any atom is 0.152 e. The zero-order chi connectivity index (χ0) is 9.78. The predicted molar refractivity (Wildman–Crippen MR) is 52.1 cm³/mol. The van der Waals surface area contributed by atoms with Gasteiger partial charge in [0.15, 0.2) is 9.84 Å². The van der Waals surface area contributed by atoms with Crippen LogP contribution in [-0.2, 0) is 9.84 Å². The van der Waals surface area contributed by atoms with Crippen molar-refractivity contribution in [1.82, 2.24) is 5.32 Å². The molecule has 0 saturated heterocycles. The van der Waals surface area contributed by atoms with Crippen LogP contribution >= 0.6 is 0 Å². The molecule has 0 heterocycles. The fourth-order valence-electron chi connectivity index (χ4n) is 0.721. The quantitative estimate of drug-likeness (QED) is 0.703. The van der Waals surface area contributed by atoms with Gasteiger partial charge in [0.05, 0.1) is 11.0 Å². The maximum absolute atomic E-state index is 11.3. The molecule has 0 rings (SSSR count).